The van der Waals surface area contributed by atoms with E-state index in [0.29, 0.717) is 5.92 Å². The maximum absolute atomic E-state index is 6.10. The lowest BCUT2D eigenvalue weighted by molar-refractivity contribution is 0.437. The van der Waals surface area contributed by atoms with E-state index in [4.69, 9.17) is 5.73 Å². The van der Waals surface area contributed by atoms with Crippen LogP contribution in [0.3, 0.4) is 0 Å². The summed E-state index contributed by atoms with van der Waals surface area (Å²) in [7, 11) is 0. The summed E-state index contributed by atoms with van der Waals surface area (Å²) in [6.07, 6.45) is 6.27. The summed E-state index contributed by atoms with van der Waals surface area (Å²) in [5.74, 6) is 1.26. The molecule has 1 saturated carbocycles. The number of amidine groups is 1. The lowest BCUT2D eigenvalue weighted by atomic mass is 9.88. The van der Waals surface area contributed by atoms with Crippen LogP contribution in [0.4, 0.5) is 5.69 Å². The molecule has 0 aromatic heterocycles. The van der Waals surface area contributed by atoms with Gasteiger partial charge in [-0.3, -0.25) is 0 Å². The molecule has 2 N–H and O–H groups in total. The van der Waals surface area contributed by atoms with Crippen LogP contribution in [-0.4, -0.2) is 5.84 Å². The predicted octanol–water partition coefficient (Wildman–Crippen LogP) is 4.78. The Balaban J connectivity index is 2.16. The molecule has 0 radical (unpaired) electrons. The zero-order valence-corrected chi connectivity index (χ0v) is 12.8. The van der Waals surface area contributed by atoms with Gasteiger partial charge < -0.3 is 5.73 Å². The average Bonchev–Trinajstić information content (AvgIpc) is 2.34. The van der Waals surface area contributed by atoms with Gasteiger partial charge in [0.1, 0.15) is 5.84 Å². The topological polar surface area (TPSA) is 38.4 Å². The third-order valence-corrected chi connectivity index (χ3v) is 4.31. The SMILES string of the molecule is NC(=Nc1ccc(Br)cc1Br)C1CCCCC1. The van der Waals surface area contributed by atoms with Gasteiger partial charge in [-0.05, 0) is 47.0 Å². The molecule has 1 fully saturated rings. The zero-order valence-electron chi connectivity index (χ0n) is 9.63. The van der Waals surface area contributed by atoms with Crippen LogP contribution in [0.5, 0.6) is 0 Å². The molecule has 4 heteroatoms. The van der Waals surface area contributed by atoms with Crippen molar-refractivity contribution in [1.29, 1.82) is 0 Å². The van der Waals surface area contributed by atoms with Crippen LogP contribution in [0.15, 0.2) is 32.1 Å². The van der Waals surface area contributed by atoms with Gasteiger partial charge >= 0.3 is 0 Å². The van der Waals surface area contributed by atoms with E-state index in [9.17, 15) is 0 Å². The van der Waals surface area contributed by atoms with E-state index in [2.05, 4.69) is 36.9 Å². The Hall–Kier alpha value is -0.350. The molecule has 1 aromatic rings. The van der Waals surface area contributed by atoms with Gasteiger partial charge in [-0.15, -0.1) is 0 Å². The summed E-state index contributed by atoms with van der Waals surface area (Å²) in [6, 6.07) is 5.95. The third kappa shape index (κ3) is 3.55. The molecule has 2 nitrogen and oxygen atoms in total. The average molecular weight is 360 g/mol. The Morgan fingerprint density at radius 2 is 1.88 bits per heavy atom. The van der Waals surface area contributed by atoms with Crippen molar-refractivity contribution >= 4 is 43.4 Å². The molecule has 1 aliphatic rings. The molecule has 92 valence electrons. The minimum atomic E-state index is 0.472. The number of aliphatic imine (C=N–C) groups is 1. The molecule has 0 spiro atoms. The van der Waals surface area contributed by atoms with Crippen LogP contribution in [0.1, 0.15) is 32.1 Å². The van der Waals surface area contributed by atoms with Gasteiger partial charge in [-0.2, -0.15) is 0 Å². The van der Waals surface area contributed by atoms with E-state index >= 15 is 0 Å². The second-order valence-electron chi connectivity index (χ2n) is 4.47. The Kier molecular flexibility index (Phi) is 4.62. The van der Waals surface area contributed by atoms with Crippen molar-refractivity contribution in [2.24, 2.45) is 16.6 Å². The predicted molar refractivity (Wildman–Crippen MR) is 79.7 cm³/mol. The third-order valence-electron chi connectivity index (χ3n) is 3.18. The van der Waals surface area contributed by atoms with Gasteiger partial charge in [-0.1, -0.05) is 35.2 Å². The number of rotatable bonds is 2. The van der Waals surface area contributed by atoms with Gasteiger partial charge in [-0.25, -0.2) is 4.99 Å². The van der Waals surface area contributed by atoms with E-state index in [-0.39, 0.29) is 0 Å². The second kappa shape index (κ2) is 6.01. The number of nitrogens with zero attached hydrogens (tertiary/aromatic N) is 1. The highest BCUT2D eigenvalue weighted by Crippen LogP contribution is 2.30. The van der Waals surface area contributed by atoms with Gasteiger partial charge in [0.25, 0.3) is 0 Å². The molecule has 0 bridgehead atoms. The van der Waals surface area contributed by atoms with Crippen LogP contribution in [-0.2, 0) is 0 Å². The number of nitrogens with two attached hydrogens (primary N) is 1. The van der Waals surface area contributed by atoms with Crippen molar-refractivity contribution in [2.75, 3.05) is 0 Å². The molecule has 1 aliphatic carbocycles. The fourth-order valence-electron chi connectivity index (χ4n) is 2.20. The van der Waals surface area contributed by atoms with Crippen LogP contribution in [0, 0.1) is 5.92 Å². The molecular weight excluding hydrogens is 344 g/mol. The van der Waals surface area contributed by atoms with Crippen LogP contribution < -0.4 is 5.73 Å². The maximum Gasteiger partial charge on any atom is 0.103 e. The second-order valence-corrected chi connectivity index (χ2v) is 6.24. The molecule has 0 atom stereocenters. The first-order valence-electron chi connectivity index (χ1n) is 5.96. The highest BCUT2D eigenvalue weighted by Gasteiger charge is 2.17. The first-order valence-corrected chi connectivity index (χ1v) is 7.54. The van der Waals surface area contributed by atoms with E-state index < -0.39 is 0 Å². The number of halogens is 2. The molecular formula is C13H16Br2N2. The van der Waals surface area contributed by atoms with Crippen LogP contribution in [0.25, 0.3) is 0 Å². The van der Waals surface area contributed by atoms with Crippen molar-refractivity contribution in [3.05, 3.63) is 27.1 Å². The van der Waals surface area contributed by atoms with Gasteiger partial charge in [0.2, 0.25) is 0 Å². The molecule has 0 saturated heterocycles. The fraction of sp³-hybridized carbons (Fsp3) is 0.462. The Morgan fingerprint density at radius 1 is 1.18 bits per heavy atom. The molecule has 0 heterocycles. The van der Waals surface area contributed by atoms with Crippen molar-refractivity contribution in [3.63, 3.8) is 0 Å². The Morgan fingerprint density at radius 3 is 2.53 bits per heavy atom. The molecule has 2 rings (SSSR count). The van der Waals surface area contributed by atoms with Gasteiger partial charge in [0.05, 0.1) is 5.69 Å². The summed E-state index contributed by atoms with van der Waals surface area (Å²) >= 11 is 6.94. The number of benzene rings is 1. The molecule has 1 aromatic carbocycles. The molecule has 0 amide bonds. The van der Waals surface area contributed by atoms with Gasteiger partial charge in [0, 0.05) is 14.9 Å². The highest BCUT2D eigenvalue weighted by molar-refractivity contribution is 9.11. The Labute approximate surface area is 119 Å². The summed E-state index contributed by atoms with van der Waals surface area (Å²) in [5, 5.41) is 0. The minimum absolute atomic E-state index is 0.472. The maximum atomic E-state index is 6.10. The summed E-state index contributed by atoms with van der Waals surface area (Å²) < 4.78 is 2.02. The first-order chi connectivity index (χ1) is 8.16. The lowest BCUT2D eigenvalue weighted by Crippen LogP contribution is -2.25. The van der Waals surface area contributed by atoms with E-state index in [1.54, 1.807) is 0 Å². The van der Waals surface area contributed by atoms with Crippen molar-refractivity contribution < 1.29 is 0 Å². The fourth-order valence-corrected chi connectivity index (χ4v) is 3.34. The van der Waals surface area contributed by atoms with Crippen molar-refractivity contribution in [2.45, 2.75) is 32.1 Å². The minimum Gasteiger partial charge on any atom is -0.387 e. The normalized spacial score (nSPS) is 18.4. The van der Waals surface area contributed by atoms with E-state index in [0.717, 1.165) is 20.5 Å². The van der Waals surface area contributed by atoms with Crippen molar-refractivity contribution in [1.82, 2.24) is 0 Å². The molecule has 0 aliphatic heterocycles. The largest absolute Gasteiger partial charge is 0.387 e. The molecule has 17 heavy (non-hydrogen) atoms. The Bertz CT molecular complexity index is 423. The first kappa shape index (κ1) is 13.1. The quantitative estimate of drug-likeness (QED) is 0.598. The zero-order chi connectivity index (χ0) is 12.3. The highest BCUT2D eigenvalue weighted by atomic mass is 79.9. The number of hydrogen-bond acceptors (Lipinski definition) is 1. The van der Waals surface area contributed by atoms with Crippen molar-refractivity contribution in [3.8, 4) is 0 Å². The monoisotopic (exact) mass is 358 g/mol. The van der Waals surface area contributed by atoms with Gasteiger partial charge in [0.15, 0.2) is 0 Å². The van der Waals surface area contributed by atoms with Crippen LogP contribution in [0.2, 0.25) is 0 Å². The summed E-state index contributed by atoms with van der Waals surface area (Å²) in [4.78, 5) is 4.55. The molecule has 0 unspecified atom stereocenters. The summed E-state index contributed by atoms with van der Waals surface area (Å²) in [6.45, 7) is 0. The van der Waals surface area contributed by atoms with Crippen LogP contribution >= 0.6 is 31.9 Å². The standard InChI is InChI=1S/C13H16Br2N2/c14-10-6-7-12(11(15)8-10)17-13(16)9-4-2-1-3-5-9/h6-9H,1-5H2,(H2,16,17). The summed E-state index contributed by atoms with van der Waals surface area (Å²) in [5.41, 5.74) is 7.02. The van der Waals surface area contributed by atoms with E-state index in [1.165, 1.54) is 32.1 Å². The smallest absolute Gasteiger partial charge is 0.103 e. The van der Waals surface area contributed by atoms with E-state index in [1.807, 2.05) is 18.2 Å². The lowest BCUT2D eigenvalue weighted by Gasteiger charge is -2.20. The number of hydrogen-bond donors (Lipinski definition) is 1.